The van der Waals surface area contributed by atoms with E-state index in [0.29, 0.717) is 17.6 Å². The first-order chi connectivity index (χ1) is 19.5. The number of piperazine rings is 3. The summed E-state index contributed by atoms with van der Waals surface area (Å²) in [6.07, 6.45) is 2.84. The van der Waals surface area contributed by atoms with Crippen LogP contribution in [0.2, 0.25) is 6.82 Å². The Bertz CT molecular complexity index is 1350. The summed E-state index contributed by atoms with van der Waals surface area (Å²) in [7, 11) is -0.362. The van der Waals surface area contributed by atoms with Crippen LogP contribution in [0.25, 0.3) is 10.9 Å². The Morgan fingerprint density at radius 2 is 1.75 bits per heavy atom. The van der Waals surface area contributed by atoms with Crippen LogP contribution in [0.3, 0.4) is 0 Å². The van der Waals surface area contributed by atoms with Crippen molar-refractivity contribution in [3.05, 3.63) is 65.9 Å². The average molecular weight is 538 g/mol. The van der Waals surface area contributed by atoms with Crippen molar-refractivity contribution in [3.8, 4) is 6.07 Å². The smallest absolute Gasteiger partial charge is 0.376 e. The number of benzene rings is 2. The summed E-state index contributed by atoms with van der Waals surface area (Å²) < 4.78 is 0. The quantitative estimate of drug-likeness (QED) is 0.482. The lowest BCUT2D eigenvalue weighted by Crippen LogP contribution is -2.65. The third-order valence-electron chi connectivity index (χ3n) is 9.16. The molecule has 3 aromatic rings. The molecule has 0 spiro atoms. The third-order valence-corrected chi connectivity index (χ3v) is 9.16. The largest absolute Gasteiger partial charge is 0.437 e. The van der Waals surface area contributed by atoms with Gasteiger partial charge in [0.1, 0.15) is 6.07 Å². The number of anilines is 2. The zero-order valence-corrected chi connectivity index (χ0v) is 23.8. The molecular weight excluding hydrogens is 497 g/mol. The minimum absolute atomic E-state index is 0.362. The van der Waals surface area contributed by atoms with Gasteiger partial charge in [-0.1, -0.05) is 12.1 Å². The van der Waals surface area contributed by atoms with Crippen molar-refractivity contribution >= 4 is 29.3 Å². The Labute approximate surface area is 238 Å². The molecule has 2 atom stereocenters. The van der Waals surface area contributed by atoms with Gasteiger partial charge in [0.05, 0.1) is 11.1 Å². The van der Waals surface area contributed by atoms with E-state index in [0.717, 1.165) is 82.8 Å². The van der Waals surface area contributed by atoms with Gasteiger partial charge in [-0.25, -0.2) is 0 Å². The van der Waals surface area contributed by atoms with Crippen LogP contribution in [0.5, 0.6) is 0 Å². The van der Waals surface area contributed by atoms with Gasteiger partial charge in [-0.05, 0) is 62.1 Å². The molecule has 3 fully saturated rings. The number of rotatable bonds is 6. The fourth-order valence-corrected chi connectivity index (χ4v) is 6.87. The molecule has 3 aliphatic heterocycles. The first-order valence-corrected chi connectivity index (χ1v) is 14.8. The Morgan fingerprint density at radius 1 is 0.950 bits per heavy atom. The summed E-state index contributed by atoms with van der Waals surface area (Å²) in [5.41, 5.74) is 5.31. The average Bonchev–Trinajstić information content (AvgIpc) is 2.99. The lowest BCUT2D eigenvalue weighted by molar-refractivity contribution is 0.0356. The summed E-state index contributed by atoms with van der Waals surface area (Å²) in [5.74, 6) is 0. The standard InChI is InChI=1S/C31H40BN7O/c1-24-21-37(30-10-7-26(20-33)31-29(30)4-3-12-34-31)23-28-22-35(14-19-39(24)28)13-11-25-5-8-27(9-6-25)36-15-17-38(18-16-36)32(2)40/h3-10,12,24,28,40H,11,13-19,21-23H2,1-2H3/t24-,28+/m1/s1. The van der Waals surface area contributed by atoms with Crippen molar-refractivity contribution in [2.24, 2.45) is 0 Å². The molecule has 4 heterocycles. The number of pyridine rings is 1. The van der Waals surface area contributed by atoms with Crippen LogP contribution in [0.1, 0.15) is 18.1 Å². The van der Waals surface area contributed by atoms with E-state index in [1.807, 2.05) is 19.0 Å². The molecule has 0 saturated carbocycles. The maximum absolute atomic E-state index is 9.82. The number of aromatic nitrogens is 1. The molecule has 0 aliphatic carbocycles. The van der Waals surface area contributed by atoms with Crippen LogP contribution in [0.4, 0.5) is 11.4 Å². The van der Waals surface area contributed by atoms with Crippen LogP contribution >= 0.6 is 0 Å². The summed E-state index contributed by atoms with van der Waals surface area (Å²) in [6, 6.07) is 20.5. The SMILES string of the molecule is CB(O)N1CCN(c2ccc(CCN3CCN4[C@@H](C3)CN(c3ccc(C#N)c5ncccc35)C[C@H]4C)cc2)CC1. The maximum Gasteiger partial charge on any atom is 0.376 e. The van der Waals surface area contributed by atoms with Gasteiger partial charge in [0.25, 0.3) is 0 Å². The molecule has 40 heavy (non-hydrogen) atoms. The van der Waals surface area contributed by atoms with Gasteiger partial charge in [0.15, 0.2) is 0 Å². The van der Waals surface area contributed by atoms with Gasteiger partial charge in [-0.15, -0.1) is 0 Å². The molecule has 3 aliphatic rings. The van der Waals surface area contributed by atoms with Gasteiger partial charge < -0.3 is 24.5 Å². The topological polar surface area (TPSA) is 73.1 Å². The van der Waals surface area contributed by atoms with Gasteiger partial charge in [0.2, 0.25) is 0 Å². The molecule has 2 aromatic carbocycles. The molecule has 0 unspecified atom stereocenters. The van der Waals surface area contributed by atoms with Crippen molar-refractivity contribution in [3.63, 3.8) is 0 Å². The van der Waals surface area contributed by atoms with Crippen molar-refractivity contribution in [1.82, 2.24) is 19.6 Å². The molecule has 8 nitrogen and oxygen atoms in total. The molecule has 1 N–H and O–H groups in total. The lowest BCUT2D eigenvalue weighted by Gasteiger charge is -2.51. The van der Waals surface area contributed by atoms with E-state index in [1.165, 1.54) is 16.9 Å². The highest BCUT2D eigenvalue weighted by Crippen LogP contribution is 2.32. The first-order valence-electron chi connectivity index (χ1n) is 14.8. The normalized spacial score (nSPS) is 22.8. The minimum Gasteiger partial charge on any atom is -0.437 e. The van der Waals surface area contributed by atoms with E-state index >= 15 is 0 Å². The summed E-state index contributed by atoms with van der Waals surface area (Å²) >= 11 is 0. The van der Waals surface area contributed by atoms with Gasteiger partial charge in [0, 0.05) is 100 Å². The van der Waals surface area contributed by atoms with Crippen LogP contribution in [0, 0.1) is 11.3 Å². The second-order valence-corrected chi connectivity index (χ2v) is 11.7. The fraction of sp³-hybridized carbons (Fsp3) is 0.484. The monoisotopic (exact) mass is 537 g/mol. The third kappa shape index (κ3) is 5.54. The van der Waals surface area contributed by atoms with E-state index in [4.69, 9.17) is 0 Å². The summed E-state index contributed by atoms with van der Waals surface area (Å²) in [5, 5.41) is 20.5. The van der Waals surface area contributed by atoms with Gasteiger partial charge >= 0.3 is 7.05 Å². The van der Waals surface area contributed by atoms with Crippen LogP contribution in [-0.4, -0.2) is 109 Å². The predicted octanol–water partition coefficient (Wildman–Crippen LogP) is 2.78. The van der Waals surface area contributed by atoms with Gasteiger partial charge in [-0.2, -0.15) is 5.26 Å². The Balaban J connectivity index is 1.07. The molecule has 3 saturated heterocycles. The molecule has 6 rings (SSSR count). The van der Waals surface area contributed by atoms with Crippen molar-refractivity contribution in [1.29, 1.82) is 5.26 Å². The maximum atomic E-state index is 9.82. The zero-order valence-electron chi connectivity index (χ0n) is 23.8. The molecule has 208 valence electrons. The highest BCUT2D eigenvalue weighted by Gasteiger charge is 2.36. The van der Waals surface area contributed by atoms with Crippen molar-refractivity contribution in [2.75, 3.05) is 75.2 Å². The van der Waals surface area contributed by atoms with Crippen LogP contribution in [-0.2, 0) is 6.42 Å². The van der Waals surface area contributed by atoms with Crippen LogP contribution in [0.15, 0.2) is 54.7 Å². The molecular formula is C31H40BN7O. The highest BCUT2D eigenvalue weighted by atomic mass is 16.2. The molecule has 0 bridgehead atoms. The predicted molar refractivity (Wildman–Crippen MR) is 163 cm³/mol. The van der Waals surface area contributed by atoms with Crippen molar-refractivity contribution in [2.45, 2.75) is 32.3 Å². The summed E-state index contributed by atoms with van der Waals surface area (Å²) in [6.45, 7) is 14.3. The number of hydrogen-bond acceptors (Lipinski definition) is 8. The molecule has 0 amide bonds. The fourth-order valence-electron chi connectivity index (χ4n) is 6.87. The van der Waals surface area contributed by atoms with E-state index in [2.05, 4.69) is 78.8 Å². The zero-order chi connectivity index (χ0) is 27.6. The second-order valence-electron chi connectivity index (χ2n) is 11.7. The van der Waals surface area contributed by atoms with E-state index in [1.54, 1.807) is 6.20 Å². The lowest BCUT2D eigenvalue weighted by atomic mass is 9.84. The number of nitrogens with zero attached hydrogens (tertiary/aromatic N) is 7. The van der Waals surface area contributed by atoms with E-state index < -0.39 is 0 Å². The number of fused-ring (bicyclic) bond motifs is 2. The molecule has 0 radical (unpaired) electrons. The number of hydrogen-bond donors (Lipinski definition) is 1. The van der Waals surface area contributed by atoms with E-state index in [-0.39, 0.29) is 7.05 Å². The van der Waals surface area contributed by atoms with Crippen molar-refractivity contribution < 1.29 is 5.02 Å². The Kier molecular flexibility index (Phi) is 7.95. The van der Waals surface area contributed by atoms with Gasteiger partial charge in [-0.3, -0.25) is 9.88 Å². The highest BCUT2D eigenvalue weighted by molar-refractivity contribution is 6.45. The Hall–Kier alpha value is -3.16. The molecule has 1 aromatic heterocycles. The second kappa shape index (κ2) is 11.8. The number of nitriles is 1. The first kappa shape index (κ1) is 27.0. The molecule has 9 heteroatoms. The van der Waals surface area contributed by atoms with Crippen LogP contribution < -0.4 is 9.80 Å². The summed E-state index contributed by atoms with van der Waals surface area (Å²) in [4.78, 5) is 16.9. The van der Waals surface area contributed by atoms with E-state index in [9.17, 15) is 10.3 Å². The minimum atomic E-state index is -0.362. The Morgan fingerprint density at radius 3 is 2.50 bits per heavy atom.